The Labute approximate surface area is 224 Å². The lowest BCUT2D eigenvalue weighted by atomic mass is 9.82. The second kappa shape index (κ2) is 10.8. The maximum absolute atomic E-state index is 13.2. The van der Waals surface area contributed by atoms with Crippen molar-refractivity contribution < 1.29 is 19.6 Å². The topological polar surface area (TPSA) is 122 Å². The van der Waals surface area contributed by atoms with Gasteiger partial charge < -0.3 is 20.1 Å². The lowest BCUT2D eigenvalue weighted by molar-refractivity contribution is -0.116. The fourth-order valence-corrected chi connectivity index (χ4v) is 4.68. The van der Waals surface area contributed by atoms with Crippen LogP contribution in [0.1, 0.15) is 40.8 Å². The van der Waals surface area contributed by atoms with E-state index in [2.05, 4.69) is 15.5 Å². The van der Waals surface area contributed by atoms with Gasteiger partial charge in [-0.3, -0.25) is 14.4 Å². The number of ether oxygens (including phenoxy) is 1. The fraction of sp³-hybridized carbons (Fsp3) is 0.185. The minimum Gasteiger partial charge on any atom is -0.497 e. The van der Waals surface area contributed by atoms with Crippen LogP contribution in [0.4, 0.5) is 5.69 Å². The van der Waals surface area contributed by atoms with Gasteiger partial charge in [-0.05, 0) is 55.0 Å². The molecule has 4 aromatic rings. The van der Waals surface area contributed by atoms with E-state index in [0.717, 1.165) is 16.8 Å². The van der Waals surface area contributed by atoms with Crippen LogP contribution in [0.2, 0.25) is 5.02 Å². The van der Waals surface area contributed by atoms with Crippen LogP contribution in [-0.2, 0) is 11.1 Å². The average Bonchev–Trinajstić information content (AvgIpc) is 3.21. The summed E-state index contributed by atoms with van der Waals surface area (Å²) in [6.45, 7) is 1.86. The molecule has 38 heavy (non-hydrogen) atoms. The van der Waals surface area contributed by atoms with Crippen LogP contribution in [0.5, 0.6) is 5.75 Å². The van der Waals surface area contributed by atoms with E-state index in [-0.39, 0.29) is 18.6 Å². The van der Waals surface area contributed by atoms with Crippen molar-refractivity contribution in [3.63, 3.8) is 0 Å². The molecule has 0 spiro atoms. The van der Waals surface area contributed by atoms with E-state index in [0.29, 0.717) is 39.4 Å². The molecule has 0 fully saturated rings. The Morgan fingerprint density at radius 3 is 2.63 bits per heavy atom. The maximum Gasteiger partial charge on any atom is 0.456 e. The number of nitrogens with one attached hydrogen (secondary N) is 1. The normalized spacial score (nSPS) is 14.1. The molecule has 3 N–H and O–H groups in total. The summed E-state index contributed by atoms with van der Waals surface area (Å²) in [5.74, 6) is 1.61. The summed E-state index contributed by atoms with van der Waals surface area (Å²) in [6.07, 6.45) is 0.0678. The first-order valence-corrected chi connectivity index (χ1v) is 12.4. The predicted octanol–water partition coefficient (Wildman–Crippen LogP) is 3.71. The highest BCUT2D eigenvalue weighted by Gasteiger charge is 2.30. The Balaban J connectivity index is 1.55. The summed E-state index contributed by atoms with van der Waals surface area (Å²) < 4.78 is 7.42. The molecule has 1 amide bonds. The van der Waals surface area contributed by atoms with Crippen LogP contribution >= 0.6 is 11.6 Å². The van der Waals surface area contributed by atoms with Gasteiger partial charge in [-0.25, -0.2) is 0 Å². The van der Waals surface area contributed by atoms with Crippen molar-refractivity contribution in [2.75, 3.05) is 12.4 Å². The number of nitrogens with zero attached hydrogens (tertiary/aromatic N) is 4. The molecule has 0 radical (unpaired) electrons. The van der Waals surface area contributed by atoms with E-state index in [1.165, 1.54) is 0 Å². The molecule has 0 saturated carbocycles. The van der Waals surface area contributed by atoms with Crippen LogP contribution in [0.3, 0.4) is 0 Å². The summed E-state index contributed by atoms with van der Waals surface area (Å²) >= 11 is 6.16. The van der Waals surface area contributed by atoms with Crippen molar-refractivity contribution >= 4 is 36.0 Å². The van der Waals surface area contributed by atoms with Gasteiger partial charge in [0.05, 0.1) is 24.9 Å². The Kier molecular flexibility index (Phi) is 7.28. The SMILES string of the molecule is COc1ccc2c(c1)C(c1ccc(Cl)cc1)=NC(CC(=O)Nc1cccc(CB(O)O)c1)c1nnc(C)n1-2. The summed E-state index contributed by atoms with van der Waals surface area (Å²) in [7, 11) is 0.138. The second-order valence-electron chi connectivity index (χ2n) is 8.96. The Morgan fingerprint density at radius 2 is 1.89 bits per heavy atom. The number of amides is 1. The van der Waals surface area contributed by atoms with E-state index < -0.39 is 13.2 Å². The van der Waals surface area contributed by atoms with Gasteiger partial charge in [0.1, 0.15) is 17.6 Å². The zero-order valence-corrected chi connectivity index (χ0v) is 21.6. The first kappa shape index (κ1) is 25.7. The number of aromatic nitrogens is 3. The highest BCUT2D eigenvalue weighted by molar-refractivity contribution is 6.40. The second-order valence-corrected chi connectivity index (χ2v) is 9.40. The minimum absolute atomic E-state index is 0.00714. The van der Waals surface area contributed by atoms with E-state index in [9.17, 15) is 14.8 Å². The van der Waals surface area contributed by atoms with Crippen molar-refractivity contribution in [1.29, 1.82) is 0 Å². The molecule has 1 aliphatic heterocycles. The quantitative estimate of drug-likeness (QED) is 0.314. The molecule has 0 bridgehead atoms. The number of carbonyl (C=O) groups excluding carboxylic acids is 1. The largest absolute Gasteiger partial charge is 0.497 e. The Hall–Kier alpha value is -3.99. The first-order chi connectivity index (χ1) is 18.3. The molecule has 1 unspecified atom stereocenters. The molecule has 192 valence electrons. The molecule has 0 saturated heterocycles. The van der Waals surface area contributed by atoms with Gasteiger partial charge in [-0.2, -0.15) is 0 Å². The third kappa shape index (κ3) is 5.33. The highest BCUT2D eigenvalue weighted by Crippen LogP contribution is 2.34. The number of hydrogen-bond acceptors (Lipinski definition) is 7. The lowest BCUT2D eigenvalue weighted by Gasteiger charge is -2.14. The van der Waals surface area contributed by atoms with Gasteiger partial charge in [0, 0.05) is 28.2 Å². The summed E-state index contributed by atoms with van der Waals surface area (Å²) in [5.41, 5.74) is 4.40. The van der Waals surface area contributed by atoms with Crippen LogP contribution in [0.15, 0.2) is 71.7 Å². The minimum atomic E-state index is -1.47. The van der Waals surface area contributed by atoms with Crippen molar-refractivity contribution in [2.24, 2.45) is 4.99 Å². The maximum atomic E-state index is 13.2. The monoisotopic (exact) mass is 529 g/mol. The number of aryl methyl sites for hydroxylation is 1. The molecule has 0 aliphatic carbocycles. The number of aliphatic imine (C=N–C) groups is 1. The molecule has 2 heterocycles. The zero-order chi connectivity index (χ0) is 26.8. The Morgan fingerprint density at radius 1 is 1.11 bits per heavy atom. The number of hydrogen-bond donors (Lipinski definition) is 3. The molecule has 3 aromatic carbocycles. The van der Waals surface area contributed by atoms with Crippen LogP contribution in [0, 0.1) is 6.92 Å². The highest BCUT2D eigenvalue weighted by atomic mass is 35.5. The summed E-state index contributed by atoms with van der Waals surface area (Å²) in [6, 6.07) is 19.4. The third-order valence-electron chi connectivity index (χ3n) is 6.26. The van der Waals surface area contributed by atoms with Gasteiger partial charge >= 0.3 is 7.12 Å². The molecule has 9 nitrogen and oxygen atoms in total. The van der Waals surface area contributed by atoms with Crippen LogP contribution < -0.4 is 10.1 Å². The molecule has 1 atom stereocenters. The number of carbonyl (C=O) groups is 1. The molecule has 1 aliphatic rings. The van der Waals surface area contributed by atoms with Crippen molar-refractivity contribution in [3.05, 3.63) is 100 Å². The van der Waals surface area contributed by atoms with Gasteiger partial charge in [0.2, 0.25) is 5.91 Å². The smallest absolute Gasteiger partial charge is 0.456 e. The van der Waals surface area contributed by atoms with Crippen LogP contribution in [-0.4, -0.2) is 50.7 Å². The lowest BCUT2D eigenvalue weighted by Crippen LogP contribution is -2.18. The van der Waals surface area contributed by atoms with E-state index >= 15 is 0 Å². The number of methoxy groups -OCH3 is 1. The summed E-state index contributed by atoms with van der Waals surface area (Å²) in [5, 5.41) is 30.8. The molecular formula is C27H25BClN5O4. The third-order valence-corrected chi connectivity index (χ3v) is 6.51. The predicted molar refractivity (Wildman–Crippen MR) is 146 cm³/mol. The van der Waals surface area contributed by atoms with Gasteiger partial charge in [-0.1, -0.05) is 35.9 Å². The number of benzene rings is 3. The number of rotatable bonds is 7. The zero-order valence-electron chi connectivity index (χ0n) is 20.8. The average molecular weight is 530 g/mol. The van der Waals surface area contributed by atoms with Crippen molar-refractivity contribution in [1.82, 2.24) is 14.8 Å². The first-order valence-electron chi connectivity index (χ1n) is 12.0. The van der Waals surface area contributed by atoms with E-state index in [1.54, 1.807) is 43.5 Å². The molecular weight excluding hydrogens is 505 g/mol. The molecule has 5 rings (SSSR count). The standard InChI is InChI=1S/C27H25BClN5O4/c1-16-32-33-27-23(14-25(35)30-20-5-3-4-17(12-20)15-28(36)37)31-26(18-6-8-19(29)9-7-18)22-13-21(38-2)10-11-24(22)34(16)27/h3-13,23,36-37H,14-15H2,1-2H3,(H,30,35). The van der Waals surface area contributed by atoms with Crippen LogP contribution in [0.25, 0.3) is 5.69 Å². The number of anilines is 1. The molecule has 1 aromatic heterocycles. The molecule has 11 heteroatoms. The number of halogens is 1. The van der Waals surface area contributed by atoms with Crippen molar-refractivity contribution in [2.45, 2.75) is 25.7 Å². The van der Waals surface area contributed by atoms with Crippen molar-refractivity contribution in [3.8, 4) is 11.4 Å². The summed E-state index contributed by atoms with van der Waals surface area (Å²) in [4.78, 5) is 18.3. The van der Waals surface area contributed by atoms with E-state index in [1.807, 2.05) is 41.8 Å². The van der Waals surface area contributed by atoms with Gasteiger partial charge in [0.25, 0.3) is 0 Å². The fourth-order valence-electron chi connectivity index (χ4n) is 4.55. The number of fused-ring (bicyclic) bond motifs is 3. The van der Waals surface area contributed by atoms with Gasteiger partial charge in [0.15, 0.2) is 5.82 Å². The van der Waals surface area contributed by atoms with Gasteiger partial charge in [-0.15, -0.1) is 10.2 Å². The van der Waals surface area contributed by atoms with E-state index in [4.69, 9.17) is 21.3 Å². The Bertz CT molecular complexity index is 1520.